The summed E-state index contributed by atoms with van der Waals surface area (Å²) in [5.41, 5.74) is 0.768. The van der Waals surface area contributed by atoms with Gasteiger partial charge in [-0.25, -0.2) is 4.79 Å². The Morgan fingerprint density at radius 3 is 2.67 bits per heavy atom. The van der Waals surface area contributed by atoms with Crippen molar-refractivity contribution in [1.29, 1.82) is 0 Å². The van der Waals surface area contributed by atoms with Gasteiger partial charge in [0.25, 0.3) is 0 Å². The highest BCUT2D eigenvalue weighted by Crippen LogP contribution is 2.37. The Morgan fingerprint density at radius 1 is 1.28 bits per heavy atom. The van der Waals surface area contributed by atoms with Gasteiger partial charge in [-0.15, -0.1) is 0 Å². The molecule has 0 bridgehead atoms. The molecule has 1 aliphatic heterocycles. The normalized spacial score (nSPS) is 26.2. The summed E-state index contributed by atoms with van der Waals surface area (Å²) in [4.78, 5) is 14.1. The number of fused-ring (bicyclic) bond motifs is 1. The molecule has 1 N–H and O–H groups in total. The SMILES string of the molecule is O=C(Nc1cccc(Cl)c1)N1CC2CCCC2C1. The van der Waals surface area contributed by atoms with Crippen molar-refractivity contribution in [3.63, 3.8) is 0 Å². The van der Waals surface area contributed by atoms with Crippen LogP contribution in [0.1, 0.15) is 19.3 Å². The van der Waals surface area contributed by atoms with Crippen LogP contribution in [0.5, 0.6) is 0 Å². The molecule has 1 saturated carbocycles. The summed E-state index contributed by atoms with van der Waals surface area (Å²) in [5.74, 6) is 1.46. The molecule has 2 aliphatic rings. The molecular weight excluding hydrogens is 248 g/mol. The first kappa shape index (κ1) is 11.8. The number of rotatable bonds is 1. The van der Waals surface area contributed by atoms with Gasteiger partial charge in [-0.05, 0) is 42.9 Å². The second kappa shape index (κ2) is 4.81. The van der Waals surface area contributed by atoms with Gasteiger partial charge in [-0.3, -0.25) is 0 Å². The fourth-order valence-electron chi connectivity index (χ4n) is 3.17. The predicted molar refractivity (Wildman–Crippen MR) is 72.9 cm³/mol. The minimum absolute atomic E-state index is 0.00617. The van der Waals surface area contributed by atoms with Gasteiger partial charge in [0.05, 0.1) is 0 Å². The van der Waals surface area contributed by atoms with E-state index in [0.717, 1.165) is 30.6 Å². The first-order valence-corrected chi connectivity index (χ1v) is 6.91. The van der Waals surface area contributed by atoms with Crippen LogP contribution in [0.4, 0.5) is 10.5 Å². The largest absolute Gasteiger partial charge is 0.324 e. The molecule has 0 aromatic heterocycles. The molecule has 3 rings (SSSR count). The summed E-state index contributed by atoms with van der Waals surface area (Å²) in [6, 6.07) is 7.29. The molecule has 2 unspecified atom stereocenters. The van der Waals surface area contributed by atoms with Crippen LogP contribution in [-0.2, 0) is 0 Å². The van der Waals surface area contributed by atoms with Crippen molar-refractivity contribution < 1.29 is 4.79 Å². The van der Waals surface area contributed by atoms with E-state index < -0.39 is 0 Å². The number of hydrogen-bond donors (Lipinski definition) is 1. The zero-order valence-electron chi connectivity index (χ0n) is 10.2. The van der Waals surface area contributed by atoms with E-state index in [-0.39, 0.29) is 6.03 Å². The van der Waals surface area contributed by atoms with E-state index in [1.54, 1.807) is 12.1 Å². The van der Waals surface area contributed by atoms with Crippen molar-refractivity contribution in [2.24, 2.45) is 11.8 Å². The molecule has 4 heteroatoms. The molecule has 1 aliphatic carbocycles. The van der Waals surface area contributed by atoms with Gasteiger partial charge in [0.2, 0.25) is 0 Å². The lowest BCUT2D eigenvalue weighted by Gasteiger charge is -2.18. The molecule has 3 nitrogen and oxygen atoms in total. The number of likely N-dealkylation sites (tertiary alicyclic amines) is 1. The fraction of sp³-hybridized carbons (Fsp3) is 0.500. The third-order valence-corrected chi connectivity index (χ3v) is 4.32. The number of urea groups is 1. The Hall–Kier alpha value is -1.22. The van der Waals surface area contributed by atoms with Gasteiger partial charge < -0.3 is 10.2 Å². The summed E-state index contributed by atoms with van der Waals surface area (Å²) in [6.07, 6.45) is 3.90. The van der Waals surface area contributed by atoms with Crippen LogP contribution in [0.3, 0.4) is 0 Å². The molecule has 96 valence electrons. The summed E-state index contributed by atoms with van der Waals surface area (Å²) in [7, 11) is 0. The summed E-state index contributed by atoms with van der Waals surface area (Å²) in [6.45, 7) is 1.83. The van der Waals surface area contributed by atoms with Gasteiger partial charge in [0.1, 0.15) is 0 Å². The number of nitrogens with one attached hydrogen (secondary N) is 1. The van der Waals surface area contributed by atoms with Crippen LogP contribution in [0, 0.1) is 11.8 Å². The standard InChI is InChI=1S/C14H17ClN2O/c15-12-5-2-6-13(7-12)16-14(18)17-8-10-3-1-4-11(10)9-17/h2,5-7,10-11H,1,3-4,8-9H2,(H,16,18). The Labute approximate surface area is 112 Å². The molecule has 1 saturated heterocycles. The van der Waals surface area contributed by atoms with E-state index in [0.29, 0.717) is 5.02 Å². The van der Waals surface area contributed by atoms with Crippen molar-refractivity contribution in [2.75, 3.05) is 18.4 Å². The number of halogens is 1. The Kier molecular flexibility index (Phi) is 3.16. The zero-order valence-corrected chi connectivity index (χ0v) is 11.0. The minimum atomic E-state index is 0.00617. The second-order valence-corrected chi connectivity index (χ2v) is 5.73. The number of hydrogen-bond acceptors (Lipinski definition) is 1. The molecule has 1 heterocycles. The molecule has 2 fully saturated rings. The van der Waals surface area contributed by atoms with E-state index in [9.17, 15) is 4.79 Å². The number of benzene rings is 1. The molecule has 1 aromatic carbocycles. The molecule has 18 heavy (non-hydrogen) atoms. The van der Waals surface area contributed by atoms with Crippen LogP contribution in [0.15, 0.2) is 24.3 Å². The molecule has 0 radical (unpaired) electrons. The smallest absolute Gasteiger partial charge is 0.321 e. The molecule has 1 aromatic rings. The third-order valence-electron chi connectivity index (χ3n) is 4.09. The van der Waals surface area contributed by atoms with Gasteiger partial charge >= 0.3 is 6.03 Å². The molecule has 2 atom stereocenters. The van der Waals surface area contributed by atoms with E-state index in [1.807, 2.05) is 17.0 Å². The summed E-state index contributed by atoms with van der Waals surface area (Å²) in [5, 5.41) is 3.56. The minimum Gasteiger partial charge on any atom is -0.324 e. The Balaban J connectivity index is 1.62. The summed E-state index contributed by atoms with van der Waals surface area (Å²) >= 11 is 5.90. The lowest BCUT2D eigenvalue weighted by atomic mass is 10.0. The van der Waals surface area contributed by atoms with Crippen LogP contribution >= 0.6 is 11.6 Å². The average molecular weight is 265 g/mol. The number of carbonyl (C=O) groups is 1. The maximum absolute atomic E-state index is 12.1. The first-order chi connectivity index (χ1) is 8.72. The number of anilines is 1. The lowest BCUT2D eigenvalue weighted by molar-refractivity contribution is 0.219. The van der Waals surface area contributed by atoms with Crippen LogP contribution < -0.4 is 5.32 Å². The summed E-state index contributed by atoms with van der Waals surface area (Å²) < 4.78 is 0. The number of carbonyl (C=O) groups excluding carboxylic acids is 1. The predicted octanol–water partition coefficient (Wildman–Crippen LogP) is 3.60. The lowest BCUT2D eigenvalue weighted by Crippen LogP contribution is -2.33. The fourth-order valence-corrected chi connectivity index (χ4v) is 3.36. The third kappa shape index (κ3) is 2.32. The van der Waals surface area contributed by atoms with Gasteiger partial charge in [0, 0.05) is 23.8 Å². The van der Waals surface area contributed by atoms with Gasteiger partial charge in [0.15, 0.2) is 0 Å². The first-order valence-electron chi connectivity index (χ1n) is 6.54. The average Bonchev–Trinajstić information content (AvgIpc) is 2.88. The number of nitrogens with zero attached hydrogens (tertiary/aromatic N) is 1. The number of amides is 2. The van der Waals surface area contributed by atoms with Crippen molar-refractivity contribution in [3.05, 3.63) is 29.3 Å². The molecule has 0 spiro atoms. The molecule has 2 amide bonds. The second-order valence-electron chi connectivity index (χ2n) is 5.30. The van der Waals surface area contributed by atoms with Crippen molar-refractivity contribution >= 4 is 23.3 Å². The van der Waals surface area contributed by atoms with E-state index in [1.165, 1.54) is 19.3 Å². The topological polar surface area (TPSA) is 32.3 Å². The van der Waals surface area contributed by atoms with Gasteiger partial charge in [-0.2, -0.15) is 0 Å². The Morgan fingerprint density at radius 2 is 2.00 bits per heavy atom. The van der Waals surface area contributed by atoms with Gasteiger partial charge in [-0.1, -0.05) is 24.1 Å². The van der Waals surface area contributed by atoms with E-state index >= 15 is 0 Å². The zero-order chi connectivity index (χ0) is 12.5. The van der Waals surface area contributed by atoms with Crippen LogP contribution in [-0.4, -0.2) is 24.0 Å². The molecular formula is C14H17ClN2O. The monoisotopic (exact) mass is 264 g/mol. The van der Waals surface area contributed by atoms with E-state index in [2.05, 4.69) is 5.32 Å². The van der Waals surface area contributed by atoms with Crippen LogP contribution in [0.2, 0.25) is 5.02 Å². The quantitative estimate of drug-likeness (QED) is 0.826. The highest BCUT2D eigenvalue weighted by Gasteiger charge is 2.37. The maximum Gasteiger partial charge on any atom is 0.321 e. The highest BCUT2D eigenvalue weighted by atomic mass is 35.5. The van der Waals surface area contributed by atoms with Crippen LogP contribution in [0.25, 0.3) is 0 Å². The van der Waals surface area contributed by atoms with Crippen molar-refractivity contribution in [3.8, 4) is 0 Å². The highest BCUT2D eigenvalue weighted by molar-refractivity contribution is 6.30. The van der Waals surface area contributed by atoms with Crippen molar-refractivity contribution in [1.82, 2.24) is 4.90 Å². The Bertz CT molecular complexity index is 451. The van der Waals surface area contributed by atoms with Crippen molar-refractivity contribution in [2.45, 2.75) is 19.3 Å². The van der Waals surface area contributed by atoms with E-state index in [4.69, 9.17) is 11.6 Å². The maximum atomic E-state index is 12.1.